The van der Waals surface area contributed by atoms with Gasteiger partial charge < -0.3 is 0 Å². The second-order valence-corrected chi connectivity index (χ2v) is 2.94. The second-order valence-electron chi connectivity index (χ2n) is 2.16. The van der Waals surface area contributed by atoms with Gasteiger partial charge in [-0.1, -0.05) is 0 Å². The normalized spacial score (nSPS) is 11.5. The number of hydrogen-bond acceptors (Lipinski definition) is 2. The van der Waals surface area contributed by atoms with Crippen LogP contribution in [-0.4, -0.2) is 5.97 Å². The molecule has 1 aromatic rings. The summed E-state index contributed by atoms with van der Waals surface area (Å²) >= 11 is 1.54. The van der Waals surface area contributed by atoms with Crippen LogP contribution in [0.3, 0.4) is 0 Å². The van der Waals surface area contributed by atoms with Crippen molar-refractivity contribution in [2.75, 3.05) is 0 Å². The minimum Gasteiger partial charge on any atom is -0.242 e. The minimum atomic E-state index is -1.14. The molecule has 0 aromatic carbocycles. The smallest absolute Gasteiger partial charge is 0.242 e. The molecule has 1 aromatic heterocycles. The average Bonchev–Trinajstić information content (AvgIpc) is 2.35. The Balaban J connectivity index is 2.86. The molecule has 0 aliphatic rings. The van der Waals surface area contributed by atoms with E-state index in [1.807, 2.05) is 16.8 Å². The Hall–Kier alpha value is -1.09. The molecule has 1 radical (unpaired) electrons. The summed E-state index contributed by atoms with van der Waals surface area (Å²) in [6.45, 7) is 1.75. The molecule has 0 atom stereocenters. The van der Waals surface area contributed by atoms with Gasteiger partial charge in [-0.3, -0.25) is 0 Å². The van der Waals surface area contributed by atoms with Crippen LogP contribution in [0.4, 0.5) is 0 Å². The highest BCUT2D eigenvalue weighted by Gasteiger charge is 1.98. The summed E-state index contributed by atoms with van der Waals surface area (Å²) in [6, 6.07) is 1.87. The first-order valence-electron chi connectivity index (χ1n) is 3.12. The van der Waals surface area contributed by atoms with Crippen LogP contribution in [0.5, 0.6) is 0 Å². The molecule has 2 nitrogen and oxygen atoms in total. The number of hydrogen-bond donors (Lipinski definition) is 0. The zero-order valence-electron chi connectivity index (χ0n) is 6.03. The zero-order chi connectivity index (χ0) is 8.27. The van der Waals surface area contributed by atoms with Gasteiger partial charge in [0.2, 0.25) is 0 Å². The Morgan fingerprint density at radius 3 is 2.82 bits per heavy atom. The van der Waals surface area contributed by atoms with Gasteiger partial charge in [0.05, 0.1) is 0 Å². The molecule has 0 aliphatic carbocycles. The maximum Gasteiger partial charge on any atom is 0.379 e. The van der Waals surface area contributed by atoms with E-state index in [-0.39, 0.29) is 0 Å². The standard InChI is InChI=1S/C8H7O2S/c1-6(4-8(9)10)7-2-3-11-5-7/h2-5H,1H3. The van der Waals surface area contributed by atoms with Crippen molar-refractivity contribution in [3.63, 3.8) is 0 Å². The molecule has 0 amide bonds. The van der Waals surface area contributed by atoms with Gasteiger partial charge in [0.25, 0.3) is 0 Å². The number of thiophene rings is 1. The van der Waals surface area contributed by atoms with Gasteiger partial charge in [-0.25, -0.2) is 9.90 Å². The molecule has 0 N–H and O–H groups in total. The van der Waals surface area contributed by atoms with Crippen LogP contribution in [0.15, 0.2) is 22.9 Å². The molecule has 0 unspecified atom stereocenters. The Morgan fingerprint density at radius 2 is 2.36 bits per heavy atom. The zero-order valence-corrected chi connectivity index (χ0v) is 6.85. The third-order valence-corrected chi connectivity index (χ3v) is 1.99. The van der Waals surface area contributed by atoms with E-state index in [0.29, 0.717) is 0 Å². The fourth-order valence-electron chi connectivity index (χ4n) is 0.749. The highest BCUT2D eigenvalue weighted by molar-refractivity contribution is 7.08. The number of allylic oxidation sites excluding steroid dienone is 1. The van der Waals surface area contributed by atoms with Gasteiger partial charge in [-0.05, 0) is 34.9 Å². The second kappa shape index (κ2) is 3.34. The minimum absolute atomic E-state index is 0.728. The topological polar surface area (TPSA) is 37.0 Å². The molecular formula is C8H7O2S. The summed E-state index contributed by atoms with van der Waals surface area (Å²) in [5, 5.41) is 13.9. The maximum absolute atomic E-state index is 10.1. The van der Waals surface area contributed by atoms with Crippen LogP contribution in [0, 0.1) is 0 Å². The molecular weight excluding hydrogens is 160 g/mol. The number of carbonyl (C=O) groups is 1. The van der Waals surface area contributed by atoms with Crippen molar-refractivity contribution in [3.8, 4) is 0 Å². The molecule has 1 rings (SSSR count). The summed E-state index contributed by atoms with van der Waals surface area (Å²) in [6.07, 6.45) is 1.10. The molecule has 0 saturated carbocycles. The molecule has 57 valence electrons. The van der Waals surface area contributed by atoms with Crippen LogP contribution in [-0.2, 0) is 9.90 Å². The monoisotopic (exact) mass is 167 g/mol. The predicted molar refractivity (Wildman–Crippen MR) is 43.7 cm³/mol. The van der Waals surface area contributed by atoms with Gasteiger partial charge in [-0.2, -0.15) is 11.3 Å². The Labute approximate surface area is 68.8 Å². The van der Waals surface area contributed by atoms with Crippen LogP contribution >= 0.6 is 11.3 Å². The van der Waals surface area contributed by atoms with Gasteiger partial charge in [0, 0.05) is 6.08 Å². The Kier molecular flexibility index (Phi) is 2.44. The first-order chi connectivity index (χ1) is 5.20. The number of carbonyl (C=O) groups excluding carboxylic acids is 1. The lowest BCUT2D eigenvalue weighted by Gasteiger charge is -1.91. The summed E-state index contributed by atoms with van der Waals surface area (Å²) in [5.74, 6) is -1.14. The molecule has 0 saturated heterocycles. The van der Waals surface area contributed by atoms with E-state index in [0.717, 1.165) is 17.2 Å². The SMILES string of the molecule is CC(=CC([O])=O)c1ccsc1. The molecule has 3 heteroatoms. The van der Waals surface area contributed by atoms with Crippen molar-refractivity contribution >= 4 is 22.9 Å². The average molecular weight is 167 g/mol. The van der Waals surface area contributed by atoms with Crippen molar-refractivity contribution in [1.82, 2.24) is 0 Å². The highest BCUT2D eigenvalue weighted by atomic mass is 32.1. The van der Waals surface area contributed by atoms with Crippen molar-refractivity contribution < 1.29 is 9.90 Å². The van der Waals surface area contributed by atoms with Crippen LogP contribution < -0.4 is 0 Å². The molecule has 11 heavy (non-hydrogen) atoms. The van der Waals surface area contributed by atoms with E-state index in [4.69, 9.17) is 0 Å². The fraction of sp³-hybridized carbons (Fsp3) is 0.125. The van der Waals surface area contributed by atoms with E-state index in [1.165, 1.54) is 0 Å². The molecule has 0 bridgehead atoms. The first kappa shape index (κ1) is 8.01. The van der Waals surface area contributed by atoms with Crippen LogP contribution in [0.25, 0.3) is 5.57 Å². The van der Waals surface area contributed by atoms with Gasteiger partial charge >= 0.3 is 5.97 Å². The van der Waals surface area contributed by atoms with Gasteiger partial charge in [0.1, 0.15) is 0 Å². The highest BCUT2D eigenvalue weighted by Crippen LogP contribution is 2.16. The molecule has 0 fully saturated rings. The predicted octanol–water partition coefficient (Wildman–Crippen LogP) is 2.11. The van der Waals surface area contributed by atoms with Gasteiger partial charge in [-0.15, -0.1) is 0 Å². The van der Waals surface area contributed by atoms with Crippen molar-refractivity contribution in [2.24, 2.45) is 0 Å². The van der Waals surface area contributed by atoms with E-state index >= 15 is 0 Å². The third kappa shape index (κ3) is 2.20. The lowest BCUT2D eigenvalue weighted by Crippen LogP contribution is -1.86. The lowest BCUT2D eigenvalue weighted by atomic mass is 10.1. The van der Waals surface area contributed by atoms with E-state index in [2.05, 4.69) is 0 Å². The summed E-state index contributed by atoms with van der Waals surface area (Å²) < 4.78 is 0. The maximum atomic E-state index is 10.1. The summed E-state index contributed by atoms with van der Waals surface area (Å²) in [5.41, 5.74) is 1.67. The third-order valence-electron chi connectivity index (χ3n) is 1.31. The Bertz CT molecular complexity index is 272. The molecule has 1 heterocycles. The largest absolute Gasteiger partial charge is 0.379 e. The molecule has 0 aliphatic heterocycles. The number of rotatable bonds is 2. The lowest BCUT2D eigenvalue weighted by molar-refractivity contribution is -0.137. The first-order valence-corrected chi connectivity index (χ1v) is 4.06. The van der Waals surface area contributed by atoms with Crippen LogP contribution in [0.2, 0.25) is 0 Å². The van der Waals surface area contributed by atoms with Gasteiger partial charge in [0.15, 0.2) is 0 Å². The van der Waals surface area contributed by atoms with E-state index in [9.17, 15) is 9.90 Å². The molecule has 0 spiro atoms. The van der Waals surface area contributed by atoms with Crippen molar-refractivity contribution in [1.29, 1.82) is 0 Å². The van der Waals surface area contributed by atoms with Crippen molar-refractivity contribution in [3.05, 3.63) is 28.5 Å². The van der Waals surface area contributed by atoms with Crippen LogP contribution in [0.1, 0.15) is 12.5 Å². The fourth-order valence-corrected chi connectivity index (χ4v) is 1.46. The van der Waals surface area contributed by atoms with Crippen molar-refractivity contribution in [2.45, 2.75) is 6.92 Å². The Morgan fingerprint density at radius 1 is 1.64 bits per heavy atom. The van der Waals surface area contributed by atoms with E-state index < -0.39 is 5.97 Å². The van der Waals surface area contributed by atoms with E-state index in [1.54, 1.807) is 18.3 Å². The summed E-state index contributed by atoms with van der Waals surface area (Å²) in [7, 11) is 0. The summed E-state index contributed by atoms with van der Waals surface area (Å²) in [4.78, 5) is 10.1. The quantitative estimate of drug-likeness (QED) is 0.621.